The quantitative estimate of drug-likeness (QED) is 0.395. The van der Waals surface area contributed by atoms with Crippen molar-refractivity contribution >= 4 is 6.29 Å². The highest BCUT2D eigenvalue weighted by atomic mass is 19.4. The Morgan fingerprint density at radius 3 is 2.55 bits per heavy atom. The summed E-state index contributed by atoms with van der Waals surface area (Å²) in [7, 11) is 0. The minimum atomic E-state index is -4.53. The lowest BCUT2D eigenvalue weighted by atomic mass is 10.1. The molecule has 0 saturated heterocycles. The molecule has 0 heterocycles. The summed E-state index contributed by atoms with van der Waals surface area (Å²) in [5.74, 6) is -0.230. The third-order valence-electron chi connectivity index (χ3n) is 2.76. The van der Waals surface area contributed by atoms with Gasteiger partial charge in [0.15, 0.2) is 0 Å². The maximum absolute atomic E-state index is 12.8. The van der Waals surface area contributed by atoms with Crippen LogP contribution in [0, 0.1) is 0 Å². The predicted octanol–water partition coefficient (Wildman–Crippen LogP) is 4.64. The van der Waals surface area contributed by atoms with Crippen LogP contribution in [0.2, 0.25) is 0 Å². The highest BCUT2D eigenvalue weighted by Gasteiger charge is 2.34. The molecule has 1 aromatic rings. The lowest BCUT2D eigenvalue weighted by Crippen LogP contribution is -2.10. The number of unbranched alkanes of at least 4 members (excludes halogenated alkanes) is 3. The first-order valence-corrected chi connectivity index (χ1v) is 6.39. The number of alkyl halides is 3. The van der Waals surface area contributed by atoms with E-state index in [1.54, 1.807) is 6.08 Å². The summed E-state index contributed by atoms with van der Waals surface area (Å²) in [5, 5.41) is 0. The third kappa shape index (κ3) is 5.07. The number of hydrogen-bond donors (Lipinski definition) is 0. The van der Waals surface area contributed by atoms with Crippen molar-refractivity contribution in [2.24, 2.45) is 0 Å². The molecule has 0 aliphatic rings. The summed E-state index contributed by atoms with van der Waals surface area (Å²) < 4.78 is 43.7. The molecule has 0 radical (unpaired) electrons. The zero-order valence-electron chi connectivity index (χ0n) is 11.1. The number of hydrogen-bond acceptors (Lipinski definition) is 2. The van der Waals surface area contributed by atoms with Crippen molar-refractivity contribution in [3.63, 3.8) is 0 Å². The van der Waals surface area contributed by atoms with E-state index in [9.17, 15) is 18.0 Å². The van der Waals surface area contributed by atoms with Gasteiger partial charge in [0.05, 0.1) is 12.2 Å². The zero-order valence-corrected chi connectivity index (χ0v) is 11.1. The fourth-order valence-corrected chi connectivity index (χ4v) is 1.72. The van der Waals surface area contributed by atoms with Crippen molar-refractivity contribution in [1.82, 2.24) is 0 Å². The Bertz CT molecular complexity index is 453. The van der Waals surface area contributed by atoms with Crippen molar-refractivity contribution in [2.45, 2.75) is 31.9 Å². The van der Waals surface area contributed by atoms with E-state index < -0.39 is 11.7 Å². The van der Waals surface area contributed by atoms with E-state index in [0.717, 1.165) is 25.3 Å². The van der Waals surface area contributed by atoms with Crippen LogP contribution in [-0.4, -0.2) is 12.9 Å². The minimum Gasteiger partial charge on any atom is -0.493 e. The fourth-order valence-electron chi connectivity index (χ4n) is 1.72. The number of benzene rings is 1. The second-order valence-corrected chi connectivity index (χ2v) is 4.36. The van der Waals surface area contributed by atoms with Crippen LogP contribution in [0.3, 0.4) is 0 Å². The van der Waals surface area contributed by atoms with Gasteiger partial charge in [0.25, 0.3) is 0 Å². The van der Waals surface area contributed by atoms with E-state index >= 15 is 0 Å². The number of carbonyl (C=O) groups excluding carboxylic acids is 1. The standard InChI is InChI=1S/C15H17F3O2/c1-2-3-4-5-6-9-20-14-8-7-12(11-19)10-13(14)15(16,17)18/h2,7-8,10-11H,1,3-6,9H2. The average Bonchev–Trinajstić information content (AvgIpc) is 2.41. The van der Waals surface area contributed by atoms with E-state index in [1.165, 1.54) is 12.1 Å². The maximum atomic E-state index is 12.8. The van der Waals surface area contributed by atoms with Crippen molar-refractivity contribution in [1.29, 1.82) is 0 Å². The van der Waals surface area contributed by atoms with Crippen LogP contribution in [-0.2, 0) is 6.18 Å². The summed E-state index contributed by atoms with van der Waals surface area (Å²) in [4.78, 5) is 10.5. The molecule has 0 bridgehead atoms. The van der Waals surface area contributed by atoms with Crippen LogP contribution < -0.4 is 4.74 Å². The molecule has 0 spiro atoms. The maximum Gasteiger partial charge on any atom is 0.419 e. The number of allylic oxidation sites excluding steroid dienone is 1. The van der Waals surface area contributed by atoms with Crippen molar-refractivity contribution in [3.8, 4) is 5.75 Å². The first kappa shape index (κ1) is 16.3. The van der Waals surface area contributed by atoms with E-state index in [1.807, 2.05) is 0 Å². The van der Waals surface area contributed by atoms with Gasteiger partial charge in [-0.1, -0.05) is 6.08 Å². The van der Waals surface area contributed by atoms with Gasteiger partial charge < -0.3 is 4.74 Å². The Balaban J connectivity index is 2.64. The Kier molecular flexibility index (Phi) is 6.28. The molecule has 0 aliphatic carbocycles. The highest BCUT2D eigenvalue weighted by Crippen LogP contribution is 2.36. The molecule has 0 saturated carbocycles. The van der Waals surface area contributed by atoms with Crippen LogP contribution >= 0.6 is 0 Å². The largest absolute Gasteiger partial charge is 0.493 e. The molecule has 0 amide bonds. The molecule has 0 aromatic heterocycles. The number of carbonyl (C=O) groups is 1. The normalized spacial score (nSPS) is 11.2. The van der Waals surface area contributed by atoms with Gasteiger partial charge in [-0.15, -0.1) is 6.58 Å². The Labute approximate surface area is 116 Å². The molecule has 110 valence electrons. The Hall–Kier alpha value is -1.78. The van der Waals surface area contributed by atoms with E-state index in [4.69, 9.17) is 4.74 Å². The number of ether oxygens (including phenoxy) is 1. The van der Waals surface area contributed by atoms with E-state index in [0.29, 0.717) is 12.7 Å². The van der Waals surface area contributed by atoms with Gasteiger partial charge in [-0.25, -0.2) is 0 Å². The number of rotatable bonds is 8. The van der Waals surface area contributed by atoms with Crippen molar-refractivity contribution in [2.75, 3.05) is 6.61 Å². The molecule has 2 nitrogen and oxygen atoms in total. The van der Waals surface area contributed by atoms with E-state index in [2.05, 4.69) is 6.58 Å². The molecule has 5 heteroatoms. The smallest absolute Gasteiger partial charge is 0.419 e. The first-order valence-electron chi connectivity index (χ1n) is 6.39. The Morgan fingerprint density at radius 1 is 1.20 bits per heavy atom. The van der Waals surface area contributed by atoms with Crippen LogP contribution in [0.1, 0.15) is 41.6 Å². The molecular weight excluding hydrogens is 269 g/mol. The summed E-state index contributed by atoms with van der Waals surface area (Å²) in [6, 6.07) is 3.31. The van der Waals surface area contributed by atoms with Gasteiger partial charge in [-0.2, -0.15) is 13.2 Å². The molecule has 1 aromatic carbocycles. The van der Waals surface area contributed by atoms with Crippen molar-refractivity contribution < 1.29 is 22.7 Å². The summed E-state index contributed by atoms with van der Waals surface area (Å²) >= 11 is 0. The third-order valence-corrected chi connectivity index (χ3v) is 2.76. The Morgan fingerprint density at radius 2 is 1.95 bits per heavy atom. The predicted molar refractivity (Wildman–Crippen MR) is 71.0 cm³/mol. The molecule has 0 N–H and O–H groups in total. The highest BCUT2D eigenvalue weighted by molar-refractivity contribution is 5.75. The lowest BCUT2D eigenvalue weighted by Gasteiger charge is -2.14. The monoisotopic (exact) mass is 286 g/mol. The minimum absolute atomic E-state index is 0.0179. The average molecular weight is 286 g/mol. The lowest BCUT2D eigenvalue weighted by molar-refractivity contribution is -0.139. The van der Waals surface area contributed by atoms with Gasteiger partial charge in [0.2, 0.25) is 0 Å². The van der Waals surface area contributed by atoms with Gasteiger partial charge in [-0.3, -0.25) is 4.79 Å². The van der Waals surface area contributed by atoms with Crippen LogP contribution in [0.5, 0.6) is 5.75 Å². The number of aldehydes is 1. The topological polar surface area (TPSA) is 26.3 Å². The SMILES string of the molecule is C=CCCCCCOc1ccc(C=O)cc1C(F)(F)F. The van der Waals surface area contributed by atoms with Crippen molar-refractivity contribution in [3.05, 3.63) is 42.0 Å². The van der Waals surface area contributed by atoms with Crippen LogP contribution in [0.25, 0.3) is 0 Å². The summed E-state index contributed by atoms with van der Waals surface area (Å²) in [5.41, 5.74) is -0.927. The molecule has 0 fully saturated rings. The van der Waals surface area contributed by atoms with E-state index in [-0.39, 0.29) is 17.9 Å². The summed E-state index contributed by atoms with van der Waals surface area (Å²) in [6.45, 7) is 3.82. The molecule has 20 heavy (non-hydrogen) atoms. The van der Waals surface area contributed by atoms with Crippen LogP contribution in [0.15, 0.2) is 30.9 Å². The summed E-state index contributed by atoms with van der Waals surface area (Å²) in [6.07, 6.45) is 1.05. The van der Waals surface area contributed by atoms with Gasteiger partial charge >= 0.3 is 6.18 Å². The molecular formula is C15H17F3O2. The zero-order chi connectivity index (χ0) is 15.0. The second-order valence-electron chi connectivity index (χ2n) is 4.36. The molecule has 1 rings (SSSR count). The molecule has 0 aliphatic heterocycles. The molecule has 0 unspecified atom stereocenters. The van der Waals surface area contributed by atoms with Gasteiger partial charge in [0.1, 0.15) is 12.0 Å². The van der Waals surface area contributed by atoms with Gasteiger partial charge in [-0.05, 0) is 43.9 Å². The van der Waals surface area contributed by atoms with Gasteiger partial charge in [0, 0.05) is 5.56 Å². The number of halogens is 3. The first-order chi connectivity index (χ1) is 9.49. The molecule has 0 atom stereocenters. The van der Waals surface area contributed by atoms with Crippen LogP contribution in [0.4, 0.5) is 13.2 Å². The second kappa shape index (κ2) is 7.72. The fraction of sp³-hybridized carbons (Fsp3) is 0.400.